The molecule has 2 nitrogen and oxygen atoms in total. The normalized spacial score (nSPS) is 13.6. The van der Waals surface area contributed by atoms with E-state index in [1.54, 1.807) is 7.11 Å². The van der Waals surface area contributed by atoms with Crippen LogP contribution in [0.25, 0.3) is 0 Å². The topological polar surface area (TPSA) is 21.3 Å². The largest absolute Gasteiger partial charge is 0.379 e. The quantitative estimate of drug-likeness (QED) is 0.795. The van der Waals surface area contributed by atoms with Gasteiger partial charge in [0.05, 0.1) is 5.60 Å². The van der Waals surface area contributed by atoms with Crippen molar-refractivity contribution >= 4 is 0 Å². The summed E-state index contributed by atoms with van der Waals surface area (Å²) in [5.41, 5.74) is 2.67. The van der Waals surface area contributed by atoms with E-state index in [9.17, 15) is 0 Å². The maximum Gasteiger partial charge on any atom is 0.0640 e. The molecule has 1 unspecified atom stereocenters. The van der Waals surface area contributed by atoms with Gasteiger partial charge in [-0.25, -0.2) is 0 Å². The molecule has 1 N–H and O–H groups in total. The molecule has 0 aliphatic carbocycles. The average molecular weight is 249 g/mol. The van der Waals surface area contributed by atoms with E-state index in [4.69, 9.17) is 4.74 Å². The second kappa shape index (κ2) is 6.91. The molecule has 2 heteroatoms. The van der Waals surface area contributed by atoms with Crippen LogP contribution in [0.1, 0.15) is 50.8 Å². The summed E-state index contributed by atoms with van der Waals surface area (Å²) >= 11 is 0. The van der Waals surface area contributed by atoms with Gasteiger partial charge in [0.15, 0.2) is 0 Å². The highest BCUT2D eigenvalue weighted by Crippen LogP contribution is 2.26. The van der Waals surface area contributed by atoms with Gasteiger partial charge in [0.25, 0.3) is 0 Å². The summed E-state index contributed by atoms with van der Waals surface area (Å²) < 4.78 is 5.53. The molecule has 0 radical (unpaired) electrons. The molecular formula is C16H27NO. The Kier molecular flexibility index (Phi) is 5.83. The highest BCUT2D eigenvalue weighted by atomic mass is 16.5. The minimum atomic E-state index is -0.103. The number of nitrogens with one attached hydrogen (secondary N) is 1. The Morgan fingerprint density at radius 1 is 1.33 bits per heavy atom. The first kappa shape index (κ1) is 15.2. The number of hydrogen-bond acceptors (Lipinski definition) is 2. The molecule has 0 fully saturated rings. The zero-order valence-corrected chi connectivity index (χ0v) is 12.4. The Labute approximate surface area is 112 Å². The van der Waals surface area contributed by atoms with Crippen molar-refractivity contribution in [2.75, 3.05) is 14.2 Å². The van der Waals surface area contributed by atoms with E-state index >= 15 is 0 Å². The van der Waals surface area contributed by atoms with E-state index < -0.39 is 0 Å². The molecule has 0 heterocycles. The van der Waals surface area contributed by atoms with Gasteiger partial charge in [-0.15, -0.1) is 0 Å². The van der Waals surface area contributed by atoms with Crippen LogP contribution in [0.2, 0.25) is 0 Å². The molecule has 0 bridgehead atoms. The van der Waals surface area contributed by atoms with Crippen LogP contribution in [0, 0.1) is 0 Å². The van der Waals surface area contributed by atoms with Gasteiger partial charge in [0.2, 0.25) is 0 Å². The van der Waals surface area contributed by atoms with Crippen LogP contribution in [-0.4, -0.2) is 19.8 Å². The summed E-state index contributed by atoms with van der Waals surface area (Å²) in [4.78, 5) is 0. The van der Waals surface area contributed by atoms with Crippen LogP contribution in [-0.2, 0) is 11.2 Å². The van der Waals surface area contributed by atoms with Crippen LogP contribution in [0.5, 0.6) is 0 Å². The van der Waals surface area contributed by atoms with Gasteiger partial charge in [-0.05, 0) is 44.9 Å². The molecule has 0 saturated heterocycles. The van der Waals surface area contributed by atoms with Crippen molar-refractivity contribution in [3.63, 3.8) is 0 Å². The smallest absolute Gasteiger partial charge is 0.0640 e. The van der Waals surface area contributed by atoms with Crippen molar-refractivity contribution < 1.29 is 4.74 Å². The van der Waals surface area contributed by atoms with E-state index in [1.807, 2.05) is 7.05 Å². The van der Waals surface area contributed by atoms with E-state index in [2.05, 4.69) is 50.4 Å². The van der Waals surface area contributed by atoms with Crippen molar-refractivity contribution in [3.8, 4) is 0 Å². The average Bonchev–Trinajstić information content (AvgIpc) is 2.37. The van der Waals surface area contributed by atoms with Gasteiger partial charge in [-0.2, -0.15) is 0 Å². The third kappa shape index (κ3) is 4.43. The molecule has 1 aromatic rings. The number of methoxy groups -OCH3 is 1. The molecular weight excluding hydrogens is 222 g/mol. The van der Waals surface area contributed by atoms with E-state index in [0.29, 0.717) is 6.04 Å². The van der Waals surface area contributed by atoms with Crippen LogP contribution in [0.3, 0.4) is 0 Å². The molecule has 0 aromatic heterocycles. The Morgan fingerprint density at radius 2 is 2.06 bits per heavy atom. The molecule has 0 saturated carbocycles. The second-order valence-electron chi connectivity index (χ2n) is 5.50. The summed E-state index contributed by atoms with van der Waals surface area (Å²) in [7, 11) is 3.79. The van der Waals surface area contributed by atoms with Gasteiger partial charge in [-0.3, -0.25) is 0 Å². The summed E-state index contributed by atoms with van der Waals surface area (Å²) in [5, 5.41) is 3.40. The lowest BCUT2D eigenvalue weighted by Gasteiger charge is -2.29. The van der Waals surface area contributed by atoms with Gasteiger partial charge in [0.1, 0.15) is 0 Å². The number of hydrogen-bond donors (Lipinski definition) is 1. The van der Waals surface area contributed by atoms with Gasteiger partial charge in [0, 0.05) is 13.2 Å². The van der Waals surface area contributed by atoms with Crippen LogP contribution in [0.15, 0.2) is 24.3 Å². The number of aryl methyl sites for hydroxylation is 1. The third-order valence-electron chi connectivity index (χ3n) is 3.49. The second-order valence-corrected chi connectivity index (χ2v) is 5.50. The Hall–Kier alpha value is -0.860. The predicted octanol–water partition coefficient (Wildman–Crippen LogP) is 3.71. The van der Waals surface area contributed by atoms with Crippen LogP contribution in [0.4, 0.5) is 0 Å². The Morgan fingerprint density at radius 3 is 2.61 bits per heavy atom. The Balaban J connectivity index is 2.84. The molecule has 0 spiro atoms. The lowest BCUT2D eigenvalue weighted by atomic mass is 9.92. The van der Waals surface area contributed by atoms with Gasteiger partial charge >= 0.3 is 0 Å². The molecule has 18 heavy (non-hydrogen) atoms. The monoisotopic (exact) mass is 249 g/mol. The van der Waals surface area contributed by atoms with E-state index in [-0.39, 0.29) is 5.60 Å². The molecule has 0 amide bonds. The molecule has 1 aromatic carbocycles. The molecule has 0 aliphatic heterocycles. The van der Waals surface area contributed by atoms with Crippen molar-refractivity contribution in [2.45, 2.75) is 51.7 Å². The Bertz CT molecular complexity index is 360. The van der Waals surface area contributed by atoms with Crippen molar-refractivity contribution in [1.29, 1.82) is 0 Å². The highest BCUT2D eigenvalue weighted by Gasteiger charge is 2.22. The van der Waals surface area contributed by atoms with Gasteiger partial charge < -0.3 is 10.1 Å². The van der Waals surface area contributed by atoms with Crippen LogP contribution < -0.4 is 5.32 Å². The summed E-state index contributed by atoms with van der Waals surface area (Å²) in [6.45, 7) is 6.48. The van der Waals surface area contributed by atoms with Crippen LogP contribution >= 0.6 is 0 Å². The number of benzene rings is 1. The molecule has 0 aliphatic rings. The number of ether oxygens (including phenoxy) is 1. The van der Waals surface area contributed by atoms with Crippen molar-refractivity contribution in [3.05, 3.63) is 35.4 Å². The molecule has 1 atom stereocenters. The SMILES string of the molecule is CCCc1cccc(C(CC(C)(C)OC)NC)c1. The first-order valence-corrected chi connectivity index (χ1v) is 6.83. The van der Waals surface area contributed by atoms with Crippen molar-refractivity contribution in [1.82, 2.24) is 5.32 Å². The fraction of sp³-hybridized carbons (Fsp3) is 0.625. The number of rotatable bonds is 7. The summed E-state index contributed by atoms with van der Waals surface area (Å²) in [5.74, 6) is 0. The summed E-state index contributed by atoms with van der Waals surface area (Å²) in [6, 6.07) is 9.23. The minimum Gasteiger partial charge on any atom is -0.379 e. The first-order valence-electron chi connectivity index (χ1n) is 6.83. The zero-order valence-electron chi connectivity index (χ0n) is 12.4. The predicted molar refractivity (Wildman–Crippen MR) is 77.9 cm³/mol. The standard InChI is InChI=1S/C16H27NO/c1-6-8-13-9-7-10-14(11-13)15(17-4)12-16(2,3)18-5/h7,9-11,15,17H,6,8,12H2,1-5H3. The maximum atomic E-state index is 5.53. The van der Waals surface area contributed by atoms with Crippen molar-refractivity contribution in [2.24, 2.45) is 0 Å². The lowest BCUT2D eigenvalue weighted by Crippen LogP contribution is -2.30. The van der Waals surface area contributed by atoms with Gasteiger partial charge in [-0.1, -0.05) is 37.6 Å². The maximum absolute atomic E-state index is 5.53. The first-order chi connectivity index (χ1) is 8.52. The molecule has 1 rings (SSSR count). The molecule has 102 valence electrons. The summed E-state index contributed by atoms with van der Waals surface area (Å²) in [6.07, 6.45) is 3.31. The highest BCUT2D eigenvalue weighted by molar-refractivity contribution is 5.26. The third-order valence-corrected chi connectivity index (χ3v) is 3.49. The zero-order chi connectivity index (χ0) is 13.6. The fourth-order valence-corrected chi connectivity index (χ4v) is 2.22. The van der Waals surface area contributed by atoms with E-state index in [1.165, 1.54) is 17.5 Å². The minimum absolute atomic E-state index is 0.103. The fourth-order valence-electron chi connectivity index (χ4n) is 2.22. The lowest BCUT2D eigenvalue weighted by molar-refractivity contribution is 0.00744. The van der Waals surface area contributed by atoms with E-state index in [0.717, 1.165) is 12.8 Å².